The van der Waals surface area contributed by atoms with Gasteiger partial charge in [0.1, 0.15) is 10.3 Å². The molecule has 1 aromatic rings. The lowest BCUT2D eigenvalue weighted by Gasteiger charge is -2.05. The standard InChI is InChI=1S/C7H4Br2F2N2O/c8-2-1-3(6(10)11)13-5(9)4(2)7(12)14/h1,6H,(H2,12,14). The van der Waals surface area contributed by atoms with Crippen LogP contribution in [0, 0.1) is 0 Å². The van der Waals surface area contributed by atoms with Crippen molar-refractivity contribution < 1.29 is 13.6 Å². The van der Waals surface area contributed by atoms with Crippen LogP contribution in [0.5, 0.6) is 0 Å². The van der Waals surface area contributed by atoms with Crippen LogP contribution in [0.25, 0.3) is 0 Å². The summed E-state index contributed by atoms with van der Waals surface area (Å²) in [4.78, 5) is 14.3. The molecule has 1 heterocycles. The zero-order valence-electron chi connectivity index (χ0n) is 6.60. The van der Waals surface area contributed by atoms with Crippen LogP contribution < -0.4 is 5.73 Å². The highest BCUT2D eigenvalue weighted by Gasteiger charge is 2.17. The number of carbonyl (C=O) groups excluding carboxylic acids is 1. The highest BCUT2D eigenvalue weighted by atomic mass is 79.9. The minimum Gasteiger partial charge on any atom is -0.365 e. The normalized spacial score (nSPS) is 10.6. The van der Waals surface area contributed by atoms with Gasteiger partial charge in [-0.25, -0.2) is 13.8 Å². The lowest BCUT2D eigenvalue weighted by Crippen LogP contribution is -2.14. The van der Waals surface area contributed by atoms with E-state index >= 15 is 0 Å². The number of amides is 1. The largest absolute Gasteiger partial charge is 0.365 e. The number of hydrogen-bond donors (Lipinski definition) is 1. The Morgan fingerprint density at radius 3 is 2.43 bits per heavy atom. The van der Waals surface area contributed by atoms with E-state index < -0.39 is 18.0 Å². The molecule has 0 radical (unpaired) electrons. The number of pyridine rings is 1. The molecule has 1 aromatic heterocycles. The van der Waals surface area contributed by atoms with E-state index in [2.05, 4.69) is 36.8 Å². The Morgan fingerprint density at radius 2 is 2.07 bits per heavy atom. The minimum atomic E-state index is -2.69. The maximum absolute atomic E-state index is 12.2. The Kier molecular flexibility index (Phi) is 3.54. The van der Waals surface area contributed by atoms with Crippen LogP contribution in [0.1, 0.15) is 22.5 Å². The molecule has 0 aliphatic carbocycles. The summed E-state index contributed by atoms with van der Waals surface area (Å²) in [5.41, 5.74) is 4.64. The van der Waals surface area contributed by atoms with Crippen molar-refractivity contribution >= 4 is 37.8 Å². The van der Waals surface area contributed by atoms with Crippen LogP contribution in [-0.4, -0.2) is 10.9 Å². The smallest absolute Gasteiger partial charge is 0.280 e. The molecule has 0 unspecified atom stereocenters. The molecule has 0 saturated carbocycles. The number of alkyl halides is 2. The first-order chi connectivity index (χ1) is 6.43. The molecular weight excluding hydrogens is 326 g/mol. The number of nitrogens with two attached hydrogens (primary N) is 1. The van der Waals surface area contributed by atoms with Gasteiger partial charge in [0.05, 0.1) is 5.56 Å². The van der Waals surface area contributed by atoms with Gasteiger partial charge in [0.25, 0.3) is 12.3 Å². The molecule has 0 bridgehead atoms. The predicted molar refractivity (Wildman–Crippen MR) is 53.1 cm³/mol. The summed E-state index contributed by atoms with van der Waals surface area (Å²) < 4.78 is 24.7. The average molecular weight is 330 g/mol. The zero-order valence-corrected chi connectivity index (χ0v) is 9.77. The Morgan fingerprint density at radius 1 is 1.50 bits per heavy atom. The second kappa shape index (κ2) is 4.31. The molecular formula is C7H4Br2F2N2O. The number of nitrogens with zero attached hydrogens (tertiary/aromatic N) is 1. The maximum atomic E-state index is 12.2. The second-order valence-corrected chi connectivity index (χ2v) is 3.97. The van der Waals surface area contributed by atoms with Gasteiger partial charge in [-0.2, -0.15) is 0 Å². The topological polar surface area (TPSA) is 56.0 Å². The molecule has 0 atom stereocenters. The number of halogens is 4. The van der Waals surface area contributed by atoms with Crippen molar-refractivity contribution in [3.63, 3.8) is 0 Å². The molecule has 0 saturated heterocycles. The number of primary amides is 1. The van der Waals surface area contributed by atoms with Crippen molar-refractivity contribution in [2.75, 3.05) is 0 Å². The van der Waals surface area contributed by atoms with Gasteiger partial charge >= 0.3 is 0 Å². The minimum absolute atomic E-state index is 0.00896. The number of aromatic nitrogens is 1. The summed E-state index contributed by atoms with van der Waals surface area (Å²) in [6.45, 7) is 0. The first-order valence-corrected chi connectivity index (χ1v) is 4.96. The van der Waals surface area contributed by atoms with Crippen LogP contribution in [0.4, 0.5) is 8.78 Å². The predicted octanol–water partition coefficient (Wildman–Crippen LogP) is 2.64. The molecule has 1 rings (SSSR count). The molecule has 1 amide bonds. The maximum Gasteiger partial charge on any atom is 0.280 e. The average Bonchev–Trinajstić information content (AvgIpc) is 2.01. The fourth-order valence-corrected chi connectivity index (χ4v) is 2.33. The van der Waals surface area contributed by atoms with Crippen LogP contribution in [0.2, 0.25) is 0 Å². The number of carbonyl (C=O) groups is 1. The molecule has 14 heavy (non-hydrogen) atoms. The van der Waals surface area contributed by atoms with E-state index in [1.807, 2.05) is 0 Å². The van der Waals surface area contributed by atoms with Gasteiger partial charge in [-0.15, -0.1) is 0 Å². The molecule has 0 aliphatic rings. The van der Waals surface area contributed by atoms with E-state index in [0.29, 0.717) is 0 Å². The molecule has 0 aliphatic heterocycles. The first kappa shape index (κ1) is 11.5. The van der Waals surface area contributed by atoms with Gasteiger partial charge in [0.15, 0.2) is 0 Å². The lowest BCUT2D eigenvalue weighted by molar-refractivity contribution is 0.0997. The molecule has 0 aromatic carbocycles. The molecule has 3 nitrogen and oxygen atoms in total. The van der Waals surface area contributed by atoms with E-state index in [9.17, 15) is 13.6 Å². The van der Waals surface area contributed by atoms with Gasteiger partial charge in [0, 0.05) is 4.47 Å². The fourth-order valence-electron chi connectivity index (χ4n) is 0.833. The van der Waals surface area contributed by atoms with Crippen LogP contribution >= 0.6 is 31.9 Å². The SMILES string of the molecule is NC(=O)c1c(Br)cc(C(F)F)nc1Br. The third kappa shape index (κ3) is 2.27. The highest BCUT2D eigenvalue weighted by molar-refractivity contribution is 9.11. The summed E-state index contributed by atoms with van der Waals surface area (Å²) in [5.74, 6) is -0.739. The Bertz CT molecular complexity index is 361. The molecule has 76 valence electrons. The third-order valence-electron chi connectivity index (χ3n) is 1.42. The van der Waals surface area contributed by atoms with E-state index in [1.54, 1.807) is 0 Å². The van der Waals surface area contributed by atoms with Gasteiger partial charge in [0.2, 0.25) is 0 Å². The lowest BCUT2D eigenvalue weighted by atomic mass is 10.2. The van der Waals surface area contributed by atoms with Gasteiger partial charge in [-0.3, -0.25) is 4.79 Å². The number of rotatable bonds is 2. The van der Waals surface area contributed by atoms with Crippen molar-refractivity contribution in [3.8, 4) is 0 Å². The van der Waals surface area contributed by atoms with Crippen LogP contribution in [0.15, 0.2) is 15.1 Å². The van der Waals surface area contributed by atoms with Crippen LogP contribution in [-0.2, 0) is 0 Å². The second-order valence-electron chi connectivity index (χ2n) is 2.36. The Hall–Kier alpha value is -0.560. The van der Waals surface area contributed by atoms with Gasteiger partial charge in [-0.1, -0.05) is 0 Å². The number of hydrogen-bond acceptors (Lipinski definition) is 2. The van der Waals surface area contributed by atoms with E-state index in [0.717, 1.165) is 6.07 Å². The highest BCUT2D eigenvalue weighted by Crippen LogP contribution is 2.28. The first-order valence-electron chi connectivity index (χ1n) is 3.37. The van der Waals surface area contributed by atoms with Gasteiger partial charge in [-0.05, 0) is 37.9 Å². The Labute approximate surface area is 94.9 Å². The summed E-state index contributed by atoms with van der Waals surface area (Å²) >= 11 is 5.85. The molecule has 7 heteroatoms. The summed E-state index contributed by atoms with van der Waals surface area (Å²) in [7, 11) is 0. The van der Waals surface area contributed by atoms with Crippen molar-refractivity contribution in [2.24, 2.45) is 5.73 Å². The van der Waals surface area contributed by atoms with Crippen molar-refractivity contribution in [1.82, 2.24) is 4.98 Å². The van der Waals surface area contributed by atoms with E-state index in [-0.39, 0.29) is 14.6 Å². The molecule has 0 spiro atoms. The fraction of sp³-hybridized carbons (Fsp3) is 0.143. The molecule has 2 N–H and O–H groups in total. The van der Waals surface area contributed by atoms with Crippen LogP contribution in [0.3, 0.4) is 0 Å². The Balaban J connectivity index is 3.32. The van der Waals surface area contributed by atoms with Crippen molar-refractivity contribution in [3.05, 3.63) is 26.4 Å². The third-order valence-corrected chi connectivity index (χ3v) is 2.62. The summed E-state index contributed by atoms with van der Waals surface area (Å²) in [5, 5.41) is 0. The zero-order chi connectivity index (χ0) is 10.9. The quantitative estimate of drug-likeness (QED) is 0.848. The van der Waals surface area contributed by atoms with Gasteiger partial charge < -0.3 is 5.73 Å². The molecule has 0 fully saturated rings. The van der Waals surface area contributed by atoms with E-state index in [4.69, 9.17) is 5.73 Å². The summed E-state index contributed by atoms with van der Waals surface area (Å²) in [6.07, 6.45) is -2.69. The van der Waals surface area contributed by atoms with Crippen molar-refractivity contribution in [1.29, 1.82) is 0 Å². The monoisotopic (exact) mass is 328 g/mol. The summed E-state index contributed by atoms with van der Waals surface area (Å²) in [6, 6.07) is 1.06. The van der Waals surface area contributed by atoms with Crippen molar-refractivity contribution in [2.45, 2.75) is 6.43 Å². The van der Waals surface area contributed by atoms with E-state index in [1.165, 1.54) is 0 Å².